The van der Waals surface area contributed by atoms with Crippen LogP contribution < -0.4 is 11.5 Å². The van der Waals surface area contributed by atoms with E-state index in [2.05, 4.69) is 22.6 Å². The van der Waals surface area contributed by atoms with Crippen molar-refractivity contribution in [1.82, 2.24) is 0 Å². The Morgan fingerprint density at radius 3 is 2.55 bits per heavy atom. The van der Waals surface area contributed by atoms with Gasteiger partial charge in [0.25, 0.3) is 0 Å². The first-order valence-corrected chi connectivity index (χ1v) is 4.17. The number of aliphatic hydroxyl groups excluding tert-OH is 1. The summed E-state index contributed by atoms with van der Waals surface area (Å²) in [6.07, 6.45) is -0.936. The molecule has 0 aliphatic carbocycles. The lowest BCUT2D eigenvalue weighted by Gasteiger charge is -2.05. The van der Waals surface area contributed by atoms with Crippen LogP contribution in [0.15, 0.2) is 18.2 Å². The zero-order valence-electron chi connectivity index (χ0n) is 5.79. The molecule has 5 N–H and O–H groups in total. The molecular weight excluding hydrogens is 255 g/mol. The number of nitrogen functional groups attached to an aromatic ring is 1. The van der Waals surface area contributed by atoms with E-state index >= 15 is 0 Å². The SMILES string of the molecule is Nc1cc(C(N)O)ccc1I. The molecule has 0 bridgehead atoms. The lowest BCUT2D eigenvalue weighted by molar-refractivity contribution is 0.186. The van der Waals surface area contributed by atoms with Gasteiger partial charge in [0.05, 0.1) is 0 Å². The molecule has 0 saturated carbocycles. The minimum absolute atomic E-state index is 0.642. The molecule has 1 aromatic carbocycles. The van der Waals surface area contributed by atoms with E-state index in [-0.39, 0.29) is 0 Å². The van der Waals surface area contributed by atoms with Gasteiger partial charge in [0.15, 0.2) is 0 Å². The molecule has 0 amide bonds. The van der Waals surface area contributed by atoms with Crippen LogP contribution in [-0.4, -0.2) is 5.11 Å². The first-order valence-electron chi connectivity index (χ1n) is 3.10. The summed E-state index contributed by atoms with van der Waals surface area (Å²) in [7, 11) is 0. The van der Waals surface area contributed by atoms with Gasteiger partial charge >= 0.3 is 0 Å². The largest absolute Gasteiger partial charge is 0.398 e. The van der Waals surface area contributed by atoms with Gasteiger partial charge in [0.1, 0.15) is 6.23 Å². The molecule has 1 unspecified atom stereocenters. The number of benzene rings is 1. The van der Waals surface area contributed by atoms with Gasteiger partial charge in [-0.15, -0.1) is 0 Å². The highest BCUT2D eigenvalue weighted by molar-refractivity contribution is 14.1. The highest BCUT2D eigenvalue weighted by atomic mass is 127. The maximum absolute atomic E-state index is 8.96. The van der Waals surface area contributed by atoms with Crippen LogP contribution in [0.1, 0.15) is 11.8 Å². The summed E-state index contributed by atoms with van der Waals surface area (Å²) in [6.45, 7) is 0. The molecule has 0 saturated heterocycles. The summed E-state index contributed by atoms with van der Waals surface area (Å²) in [5.41, 5.74) is 12.1. The quantitative estimate of drug-likeness (QED) is 0.399. The molecule has 0 aliphatic rings. The number of halogens is 1. The van der Waals surface area contributed by atoms with Gasteiger partial charge in [0, 0.05) is 9.26 Å². The van der Waals surface area contributed by atoms with Crippen molar-refractivity contribution in [3.8, 4) is 0 Å². The van der Waals surface area contributed by atoms with Crippen LogP contribution in [0.25, 0.3) is 0 Å². The summed E-state index contributed by atoms with van der Waals surface area (Å²) in [4.78, 5) is 0. The van der Waals surface area contributed by atoms with E-state index < -0.39 is 6.23 Å². The van der Waals surface area contributed by atoms with E-state index in [4.69, 9.17) is 16.6 Å². The molecular formula is C7H9IN2O. The molecule has 1 aromatic rings. The average molecular weight is 264 g/mol. The molecule has 11 heavy (non-hydrogen) atoms. The van der Waals surface area contributed by atoms with Crippen molar-refractivity contribution < 1.29 is 5.11 Å². The topological polar surface area (TPSA) is 72.3 Å². The third-order valence-corrected chi connectivity index (χ3v) is 2.34. The maximum Gasteiger partial charge on any atom is 0.128 e. The lowest BCUT2D eigenvalue weighted by atomic mass is 10.2. The Bertz CT molecular complexity index is 263. The number of anilines is 1. The van der Waals surface area contributed by atoms with Crippen molar-refractivity contribution in [1.29, 1.82) is 0 Å². The first kappa shape index (κ1) is 8.76. The molecule has 0 spiro atoms. The molecule has 1 atom stereocenters. The van der Waals surface area contributed by atoms with Crippen LogP contribution in [-0.2, 0) is 0 Å². The van der Waals surface area contributed by atoms with E-state index in [1.54, 1.807) is 12.1 Å². The second kappa shape index (κ2) is 3.38. The van der Waals surface area contributed by atoms with E-state index in [9.17, 15) is 0 Å². The number of hydrogen-bond acceptors (Lipinski definition) is 3. The zero-order valence-corrected chi connectivity index (χ0v) is 7.95. The number of nitrogens with two attached hydrogens (primary N) is 2. The van der Waals surface area contributed by atoms with Crippen molar-refractivity contribution in [3.05, 3.63) is 27.3 Å². The summed E-state index contributed by atoms with van der Waals surface area (Å²) >= 11 is 2.12. The molecule has 3 nitrogen and oxygen atoms in total. The van der Waals surface area contributed by atoms with Gasteiger partial charge in [-0.3, -0.25) is 0 Å². The zero-order chi connectivity index (χ0) is 8.43. The summed E-state index contributed by atoms with van der Waals surface area (Å²) in [6, 6.07) is 5.25. The lowest BCUT2D eigenvalue weighted by Crippen LogP contribution is -2.08. The van der Waals surface area contributed by atoms with Gasteiger partial charge in [0.2, 0.25) is 0 Å². The minimum atomic E-state index is -0.936. The van der Waals surface area contributed by atoms with Gasteiger partial charge in [-0.05, 0) is 40.3 Å². The summed E-state index contributed by atoms with van der Waals surface area (Å²) < 4.78 is 0.965. The average Bonchev–Trinajstić information content (AvgIpc) is 1.94. The van der Waals surface area contributed by atoms with Crippen molar-refractivity contribution in [2.24, 2.45) is 5.73 Å². The van der Waals surface area contributed by atoms with Crippen LogP contribution in [0.2, 0.25) is 0 Å². The number of rotatable bonds is 1. The Kier molecular flexibility index (Phi) is 2.69. The Morgan fingerprint density at radius 1 is 1.45 bits per heavy atom. The smallest absolute Gasteiger partial charge is 0.128 e. The highest BCUT2D eigenvalue weighted by Crippen LogP contribution is 2.18. The van der Waals surface area contributed by atoms with Gasteiger partial charge < -0.3 is 16.6 Å². The van der Waals surface area contributed by atoms with E-state index in [1.165, 1.54) is 0 Å². The van der Waals surface area contributed by atoms with Gasteiger partial charge in [-0.1, -0.05) is 6.07 Å². The molecule has 4 heteroatoms. The second-order valence-corrected chi connectivity index (χ2v) is 3.39. The second-order valence-electron chi connectivity index (χ2n) is 2.23. The van der Waals surface area contributed by atoms with Crippen molar-refractivity contribution in [3.63, 3.8) is 0 Å². The predicted octanol–water partition coefficient (Wildman–Crippen LogP) is 0.823. The number of aliphatic hydroxyl groups is 1. The van der Waals surface area contributed by atoms with Crippen LogP contribution in [0.5, 0.6) is 0 Å². The molecule has 0 aliphatic heterocycles. The van der Waals surface area contributed by atoms with Crippen LogP contribution in [0, 0.1) is 3.57 Å². The normalized spacial score (nSPS) is 13.0. The van der Waals surface area contributed by atoms with Crippen molar-refractivity contribution in [2.75, 3.05) is 5.73 Å². The first-order chi connectivity index (χ1) is 5.11. The Hall–Kier alpha value is -0.330. The fraction of sp³-hybridized carbons (Fsp3) is 0.143. The third-order valence-electron chi connectivity index (χ3n) is 1.36. The van der Waals surface area contributed by atoms with Crippen LogP contribution in [0.4, 0.5) is 5.69 Å². The third kappa shape index (κ3) is 2.05. The predicted molar refractivity (Wildman–Crippen MR) is 52.7 cm³/mol. The molecule has 0 fully saturated rings. The minimum Gasteiger partial charge on any atom is -0.398 e. The molecule has 1 rings (SSSR count). The molecule has 0 radical (unpaired) electrons. The monoisotopic (exact) mass is 264 g/mol. The van der Waals surface area contributed by atoms with Crippen molar-refractivity contribution in [2.45, 2.75) is 6.23 Å². The Balaban J connectivity index is 3.05. The fourth-order valence-electron chi connectivity index (χ4n) is 0.746. The van der Waals surface area contributed by atoms with Crippen molar-refractivity contribution >= 4 is 28.3 Å². The van der Waals surface area contributed by atoms with Gasteiger partial charge in [-0.25, -0.2) is 0 Å². The molecule has 60 valence electrons. The van der Waals surface area contributed by atoms with Gasteiger partial charge in [-0.2, -0.15) is 0 Å². The summed E-state index contributed by atoms with van der Waals surface area (Å²) in [5.74, 6) is 0. The number of hydrogen-bond donors (Lipinski definition) is 3. The van der Waals surface area contributed by atoms with E-state index in [1.807, 2.05) is 6.07 Å². The highest BCUT2D eigenvalue weighted by Gasteiger charge is 2.02. The Morgan fingerprint density at radius 2 is 2.09 bits per heavy atom. The summed E-state index contributed by atoms with van der Waals surface area (Å²) in [5, 5.41) is 8.96. The molecule has 0 heterocycles. The van der Waals surface area contributed by atoms with Crippen LogP contribution >= 0.6 is 22.6 Å². The fourth-order valence-corrected chi connectivity index (χ4v) is 1.08. The Labute approximate surface area is 78.5 Å². The standard InChI is InChI=1S/C7H9IN2O/c8-5-2-1-4(7(10)11)3-6(5)9/h1-3,7,11H,9-10H2. The maximum atomic E-state index is 8.96. The molecule has 0 aromatic heterocycles. The van der Waals surface area contributed by atoms with E-state index in [0.29, 0.717) is 11.3 Å². The van der Waals surface area contributed by atoms with Crippen LogP contribution in [0.3, 0.4) is 0 Å². The van der Waals surface area contributed by atoms with E-state index in [0.717, 1.165) is 3.57 Å².